The number of carbonyl (C=O) groups is 2. The molecule has 1 saturated heterocycles. The number of oxime groups is 1. The summed E-state index contributed by atoms with van der Waals surface area (Å²) < 4.78 is 0. The van der Waals surface area contributed by atoms with Gasteiger partial charge < -0.3 is 20.4 Å². The Morgan fingerprint density at radius 2 is 2.00 bits per heavy atom. The van der Waals surface area contributed by atoms with Crippen molar-refractivity contribution in [3.05, 3.63) is 70.3 Å². The lowest BCUT2D eigenvalue weighted by atomic mass is 10.1. The molecule has 10 heteroatoms. The van der Waals surface area contributed by atoms with Gasteiger partial charge in [0.1, 0.15) is 12.6 Å². The highest BCUT2D eigenvalue weighted by Crippen LogP contribution is 2.24. The van der Waals surface area contributed by atoms with Crippen LogP contribution in [-0.4, -0.2) is 46.7 Å². The van der Waals surface area contributed by atoms with Crippen molar-refractivity contribution in [3.63, 3.8) is 0 Å². The average Bonchev–Trinajstić information content (AvgIpc) is 3.33. The first-order valence-corrected chi connectivity index (χ1v) is 13.0. The highest BCUT2D eigenvalue weighted by molar-refractivity contribution is 6.42. The lowest BCUT2D eigenvalue weighted by molar-refractivity contribution is -0.119. The molecular formula is C27H29Cl2N5O3. The van der Waals surface area contributed by atoms with Crippen molar-refractivity contribution in [2.45, 2.75) is 45.3 Å². The van der Waals surface area contributed by atoms with E-state index in [1.807, 2.05) is 24.3 Å². The molecule has 1 atom stereocenters. The zero-order chi connectivity index (χ0) is 26.2. The fraction of sp³-hybridized carbons (Fsp3) is 0.333. The van der Waals surface area contributed by atoms with Gasteiger partial charge in [-0.05, 0) is 48.4 Å². The second-order valence-corrected chi connectivity index (χ2v) is 9.68. The monoisotopic (exact) mass is 541 g/mol. The smallest absolute Gasteiger partial charge is 0.318 e. The van der Waals surface area contributed by atoms with Crippen LogP contribution in [0.15, 0.2) is 59.9 Å². The molecule has 1 aliphatic heterocycles. The number of anilines is 1. The predicted molar refractivity (Wildman–Crippen MR) is 147 cm³/mol. The third kappa shape index (κ3) is 7.11. The molecule has 3 aromatic rings. The van der Waals surface area contributed by atoms with Gasteiger partial charge in [-0.1, -0.05) is 60.3 Å². The van der Waals surface area contributed by atoms with Gasteiger partial charge in [0.2, 0.25) is 5.91 Å². The minimum Gasteiger partial charge on any atom is -0.391 e. The number of carbonyl (C=O) groups excluding carboxylic acids is 2. The molecule has 1 unspecified atom stereocenters. The molecule has 8 nitrogen and oxygen atoms in total. The van der Waals surface area contributed by atoms with Crippen LogP contribution >= 0.6 is 23.2 Å². The summed E-state index contributed by atoms with van der Waals surface area (Å²) in [5, 5.41) is 11.9. The SMILES string of the molecule is CCCCCNC(=O)N1C/C(=N/OCc2ccc(Cl)c(Cl)c2)CC1C(=O)Nc1ccc2ncccc2c1. The number of urea groups is 1. The summed E-state index contributed by atoms with van der Waals surface area (Å²) in [7, 11) is 0. The van der Waals surface area contributed by atoms with Crippen molar-refractivity contribution in [1.29, 1.82) is 0 Å². The van der Waals surface area contributed by atoms with E-state index in [1.54, 1.807) is 30.5 Å². The molecule has 37 heavy (non-hydrogen) atoms. The van der Waals surface area contributed by atoms with Gasteiger partial charge in [0.15, 0.2) is 0 Å². The lowest BCUT2D eigenvalue weighted by Crippen LogP contribution is -2.48. The number of nitrogens with one attached hydrogen (secondary N) is 2. The van der Waals surface area contributed by atoms with Crippen LogP contribution in [0.1, 0.15) is 38.2 Å². The number of pyridine rings is 1. The molecule has 0 saturated carbocycles. The Bertz CT molecular complexity index is 1300. The Morgan fingerprint density at radius 3 is 2.81 bits per heavy atom. The molecular weight excluding hydrogens is 513 g/mol. The third-order valence-electron chi connectivity index (χ3n) is 6.06. The van der Waals surface area contributed by atoms with Gasteiger partial charge in [0, 0.05) is 30.2 Å². The Balaban J connectivity index is 1.45. The largest absolute Gasteiger partial charge is 0.391 e. The van der Waals surface area contributed by atoms with Crippen LogP contribution in [0.4, 0.5) is 10.5 Å². The van der Waals surface area contributed by atoms with E-state index in [0.29, 0.717) is 28.0 Å². The molecule has 4 rings (SSSR count). The van der Waals surface area contributed by atoms with E-state index >= 15 is 0 Å². The summed E-state index contributed by atoms with van der Waals surface area (Å²) in [5.74, 6) is -0.290. The lowest BCUT2D eigenvalue weighted by Gasteiger charge is -2.23. The number of unbranched alkanes of at least 4 members (excludes halogenated alkanes) is 2. The van der Waals surface area contributed by atoms with Crippen molar-refractivity contribution in [3.8, 4) is 0 Å². The maximum atomic E-state index is 13.3. The van der Waals surface area contributed by atoms with Crippen LogP contribution < -0.4 is 10.6 Å². The van der Waals surface area contributed by atoms with Gasteiger partial charge in [0.25, 0.3) is 0 Å². The number of fused-ring (bicyclic) bond motifs is 1. The summed E-state index contributed by atoms with van der Waals surface area (Å²) in [5.41, 5.74) is 2.88. The minimum absolute atomic E-state index is 0.186. The first kappa shape index (κ1) is 26.7. The van der Waals surface area contributed by atoms with Crippen LogP contribution in [0.25, 0.3) is 10.9 Å². The van der Waals surface area contributed by atoms with E-state index in [1.165, 1.54) is 4.90 Å². The fourth-order valence-electron chi connectivity index (χ4n) is 4.10. The third-order valence-corrected chi connectivity index (χ3v) is 6.80. The second kappa shape index (κ2) is 12.7. The molecule has 1 fully saturated rings. The quantitative estimate of drug-likeness (QED) is 0.255. The molecule has 0 radical (unpaired) electrons. The number of aromatic nitrogens is 1. The van der Waals surface area contributed by atoms with E-state index in [2.05, 4.69) is 27.7 Å². The van der Waals surface area contributed by atoms with Gasteiger partial charge in [0.05, 0.1) is 27.8 Å². The number of hydrogen-bond acceptors (Lipinski definition) is 5. The van der Waals surface area contributed by atoms with Crippen molar-refractivity contribution in [1.82, 2.24) is 15.2 Å². The Kier molecular flexibility index (Phi) is 9.19. The molecule has 3 amide bonds. The minimum atomic E-state index is -0.719. The molecule has 2 N–H and O–H groups in total. The number of benzene rings is 2. The van der Waals surface area contributed by atoms with Crippen molar-refractivity contribution in [2.75, 3.05) is 18.4 Å². The van der Waals surface area contributed by atoms with E-state index in [-0.39, 0.29) is 31.5 Å². The molecule has 2 heterocycles. The average molecular weight is 542 g/mol. The number of rotatable bonds is 9. The van der Waals surface area contributed by atoms with Crippen molar-refractivity contribution >= 4 is 57.4 Å². The maximum absolute atomic E-state index is 13.3. The Labute approximate surface area is 226 Å². The van der Waals surface area contributed by atoms with Crippen LogP contribution in [0.5, 0.6) is 0 Å². The van der Waals surface area contributed by atoms with Gasteiger partial charge in [-0.15, -0.1) is 0 Å². The van der Waals surface area contributed by atoms with Crippen LogP contribution in [-0.2, 0) is 16.2 Å². The molecule has 194 valence electrons. The van der Waals surface area contributed by atoms with Gasteiger partial charge in [-0.2, -0.15) is 0 Å². The molecule has 1 aromatic heterocycles. The fourth-order valence-corrected chi connectivity index (χ4v) is 4.42. The molecule has 2 aromatic carbocycles. The zero-order valence-electron chi connectivity index (χ0n) is 20.5. The number of likely N-dealkylation sites (tertiary alicyclic amines) is 1. The normalized spacial score (nSPS) is 16.2. The van der Waals surface area contributed by atoms with Gasteiger partial charge in [-0.3, -0.25) is 9.78 Å². The Morgan fingerprint density at radius 1 is 1.14 bits per heavy atom. The zero-order valence-corrected chi connectivity index (χ0v) is 22.1. The standard InChI is InChI=1S/C27H29Cl2N5O3/c1-2-3-4-11-31-27(36)34-16-21(33-37-17-18-7-9-22(28)23(29)13-18)15-25(34)26(35)32-20-8-10-24-19(14-20)6-5-12-30-24/h5-10,12-14,25H,2-4,11,15-17H2,1H3,(H,31,36)(H,32,35)/b33-21+. The predicted octanol–water partition coefficient (Wildman–Crippen LogP) is 6.03. The van der Waals surface area contributed by atoms with E-state index in [9.17, 15) is 9.59 Å². The summed E-state index contributed by atoms with van der Waals surface area (Å²) in [6.07, 6.45) is 4.95. The van der Waals surface area contributed by atoms with E-state index in [0.717, 1.165) is 35.7 Å². The summed E-state index contributed by atoms with van der Waals surface area (Å²) >= 11 is 12.0. The number of halogens is 2. The van der Waals surface area contributed by atoms with Crippen molar-refractivity contribution in [2.24, 2.45) is 5.16 Å². The number of nitrogens with zero attached hydrogens (tertiary/aromatic N) is 3. The molecule has 0 bridgehead atoms. The Hall–Kier alpha value is -3.36. The van der Waals surface area contributed by atoms with Crippen LogP contribution in [0.3, 0.4) is 0 Å². The summed E-state index contributed by atoms with van der Waals surface area (Å²) in [6, 6.07) is 13.5. The van der Waals surface area contributed by atoms with E-state index in [4.69, 9.17) is 28.0 Å². The van der Waals surface area contributed by atoms with Gasteiger partial charge >= 0.3 is 6.03 Å². The summed E-state index contributed by atoms with van der Waals surface area (Å²) in [6.45, 7) is 3.04. The number of hydrogen-bond donors (Lipinski definition) is 2. The first-order valence-electron chi connectivity index (χ1n) is 12.3. The van der Waals surface area contributed by atoms with Gasteiger partial charge in [-0.25, -0.2) is 4.79 Å². The first-order chi connectivity index (χ1) is 17.9. The van der Waals surface area contributed by atoms with Crippen LogP contribution in [0, 0.1) is 0 Å². The summed E-state index contributed by atoms with van der Waals surface area (Å²) in [4.78, 5) is 37.6. The maximum Gasteiger partial charge on any atom is 0.318 e. The van der Waals surface area contributed by atoms with Crippen LogP contribution in [0.2, 0.25) is 10.0 Å². The topological polar surface area (TPSA) is 95.9 Å². The number of amides is 3. The van der Waals surface area contributed by atoms with E-state index < -0.39 is 6.04 Å². The highest BCUT2D eigenvalue weighted by atomic mass is 35.5. The molecule has 0 spiro atoms. The van der Waals surface area contributed by atoms with Crippen molar-refractivity contribution < 1.29 is 14.4 Å². The molecule has 0 aliphatic carbocycles. The highest BCUT2D eigenvalue weighted by Gasteiger charge is 2.38. The second-order valence-electron chi connectivity index (χ2n) is 8.87. The molecule has 1 aliphatic rings.